The first-order valence-electron chi connectivity index (χ1n) is 10.1. The summed E-state index contributed by atoms with van der Waals surface area (Å²) in [7, 11) is 0. The number of carbonyl (C=O) groups is 1. The van der Waals surface area contributed by atoms with E-state index in [2.05, 4.69) is 5.32 Å². The van der Waals surface area contributed by atoms with Crippen molar-refractivity contribution in [1.29, 1.82) is 10.8 Å². The van der Waals surface area contributed by atoms with Gasteiger partial charge in [-0.1, -0.05) is 60.7 Å². The maximum absolute atomic E-state index is 12.2. The molecule has 2 aromatic rings. The summed E-state index contributed by atoms with van der Waals surface area (Å²) in [5.74, 6) is -0.307. The molecule has 5 N–H and O–H groups in total. The van der Waals surface area contributed by atoms with Crippen molar-refractivity contribution in [3.05, 3.63) is 71.8 Å². The van der Waals surface area contributed by atoms with E-state index in [0.717, 1.165) is 11.1 Å². The van der Waals surface area contributed by atoms with Crippen LogP contribution < -0.4 is 11.1 Å². The number of rotatable bonds is 8. The molecule has 3 rings (SSSR count). The molecule has 1 unspecified atom stereocenters. The van der Waals surface area contributed by atoms with Gasteiger partial charge in [0.2, 0.25) is 11.8 Å². The van der Waals surface area contributed by atoms with Crippen LogP contribution in [0.3, 0.4) is 0 Å². The number of benzene rings is 2. The van der Waals surface area contributed by atoms with Crippen LogP contribution in [0.2, 0.25) is 0 Å². The van der Waals surface area contributed by atoms with E-state index in [4.69, 9.17) is 21.3 Å². The third-order valence-corrected chi connectivity index (χ3v) is 5.26. The van der Waals surface area contributed by atoms with Crippen molar-refractivity contribution in [2.24, 2.45) is 5.73 Å². The summed E-state index contributed by atoms with van der Waals surface area (Å²) < 4.78 is 5.62. The van der Waals surface area contributed by atoms with E-state index in [1.165, 1.54) is 0 Å². The van der Waals surface area contributed by atoms with E-state index in [9.17, 15) is 4.79 Å². The van der Waals surface area contributed by atoms with Crippen LogP contribution in [-0.2, 0) is 17.6 Å². The fourth-order valence-corrected chi connectivity index (χ4v) is 3.56. The summed E-state index contributed by atoms with van der Waals surface area (Å²) in [6.07, 6.45) is 1.64. The largest absolute Gasteiger partial charge is 0.426 e. The van der Waals surface area contributed by atoms with E-state index >= 15 is 0 Å². The van der Waals surface area contributed by atoms with Crippen molar-refractivity contribution in [3.63, 3.8) is 0 Å². The molecule has 1 heterocycles. The Hall–Kier alpha value is -3.19. The number of nitrogens with zero attached hydrogens (tertiary/aromatic N) is 1. The van der Waals surface area contributed by atoms with Crippen LogP contribution in [0.5, 0.6) is 0 Å². The lowest BCUT2D eigenvalue weighted by Gasteiger charge is -2.30. The average Bonchev–Trinajstić information content (AvgIpc) is 3.15. The van der Waals surface area contributed by atoms with Gasteiger partial charge in [0.05, 0.1) is 5.54 Å². The fourth-order valence-electron chi connectivity index (χ4n) is 3.56. The molecule has 0 saturated carbocycles. The number of urea groups is 1. The minimum absolute atomic E-state index is 0.127. The van der Waals surface area contributed by atoms with Gasteiger partial charge in [-0.05, 0) is 37.3 Å². The first-order chi connectivity index (χ1) is 14.4. The zero-order valence-electron chi connectivity index (χ0n) is 17.2. The molecule has 7 nitrogen and oxygen atoms in total. The van der Waals surface area contributed by atoms with Crippen molar-refractivity contribution >= 4 is 17.8 Å². The van der Waals surface area contributed by atoms with E-state index in [1.54, 1.807) is 11.8 Å². The van der Waals surface area contributed by atoms with Gasteiger partial charge in [-0.3, -0.25) is 10.8 Å². The van der Waals surface area contributed by atoms with Gasteiger partial charge in [0.1, 0.15) is 6.04 Å². The Balaban J connectivity index is 1.68. The highest BCUT2D eigenvalue weighted by atomic mass is 16.5. The van der Waals surface area contributed by atoms with Crippen LogP contribution in [-0.4, -0.2) is 47.4 Å². The number of hydrogen-bond donors (Lipinski definition) is 4. The monoisotopic (exact) mass is 407 g/mol. The second kappa shape index (κ2) is 9.54. The molecule has 30 heavy (non-hydrogen) atoms. The van der Waals surface area contributed by atoms with Crippen LogP contribution in [0.1, 0.15) is 24.5 Å². The van der Waals surface area contributed by atoms with Crippen LogP contribution in [0, 0.1) is 10.8 Å². The maximum atomic E-state index is 12.2. The van der Waals surface area contributed by atoms with E-state index in [1.807, 2.05) is 60.7 Å². The molecule has 0 spiro atoms. The number of ether oxygens (including phenoxy) is 1. The number of carbonyl (C=O) groups excluding carboxylic acids is 1. The number of aryl methyl sites for hydroxylation is 1. The number of nitrogens with two attached hydrogens (primary N) is 1. The van der Waals surface area contributed by atoms with E-state index in [-0.39, 0.29) is 17.8 Å². The molecule has 158 valence electrons. The van der Waals surface area contributed by atoms with Crippen LogP contribution in [0.25, 0.3) is 0 Å². The Morgan fingerprint density at radius 2 is 1.73 bits per heavy atom. The first-order valence-corrected chi connectivity index (χ1v) is 10.1. The number of nitrogens with one attached hydrogen (secondary N) is 3. The summed E-state index contributed by atoms with van der Waals surface area (Å²) in [6, 6.07) is 18.8. The molecule has 2 aromatic carbocycles. The zero-order valence-corrected chi connectivity index (χ0v) is 17.2. The van der Waals surface area contributed by atoms with Gasteiger partial charge in [-0.2, -0.15) is 0 Å². The Bertz CT molecular complexity index is 883. The highest BCUT2D eigenvalue weighted by molar-refractivity contribution is 5.97. The van der Waals surface area contributed by atoms with E-state index in [0.29, 0.717) is 32.4 Å². The second-order valence-corrected chi connectivity index (χ2v) is 7.84. The summed E-state index contributed by atoms with van der Waals surface area (Å²) in [5, 5.41) is 19.7. The molecule has 1 aliphatic rings. The minimum atomic E-state index is -1.06. The molecular weight excluding hydrogens is 378 g/mol. The van der Waals surface area contributed by atoms with Gasteiger partial charge in [-0.15, -0.1) is 0 Å². The van der Waals surface area contributed by atoms with Gasteiger partial charge in [0, 0.05) is 13.1 Å². The number of amides is 2. The Morgan fingerprint density at radius 3 is 2.30 bits per heavy atom. The second-order valence-electron chi connectivity index (χ2n) is 7.84. The molecule has 0 aliphatic carbocycles. The van der Waals surface area contributed by atoms with Crippen LogP contribution >= 0.6 is 0 Å². The molecule has 7 heteroatoms. The van der Waals surface area contributed by atoms with Crippen molar-refractivity contribution in [2.45, 2.75) is 37.8 Å². The molecular formula is C23H29N5O2. The third kappa shape index (κ3) is 5.45. The van der Waals surface area contributed by atoms with Gasteiger partial charge in [-0.25, -0.2) is 4.79 Å². The number of hydrogen-bond acceptors (Lipinski definition) is 5. The quantitative estimate of drug-likeness (QED) is 0.398. The smallest absolute Gasteiger partial charge is 0.318 e. The van der Waals surface area contributed by atoms with Crippen LogP contribution in [0.15, 0.2) is 60.7 Å². The minimum Gasteiger partial charge on any atom is -0.426 e. The lowest BCUT2D eigenvalue weighted by atomic mass is 9.93. The van der Waals surface area contributed by atoms with E-state index < -0.39 is 11.6 Å². The average molecular weight is 408 g/mol. The lowest BCUT2D eigenvalue weighted by Crippen LogP contribution is -2.51. The highest BCUT2D eigenvalue weighted by Gasteiger charge is 2.35. The first kappa shape index (κ1) is 21.5. The fraction of sp³-hybridized carbons (Fsp3) is 0.348. The van der Waals surface area contributed by atoms with Crippen molar-refractivity contribution in [1.82, 2.24) is 10.2 Å². The van der Waals surface area contributed by atoms with Gasteiger partial charge >= 0.3 is 6.03 Å². The standard InChI is InChI=1S/C23H29N5O2/c1-23(26,16-18-10-6-3-7-11-18)21(25)30-20(24)19(28-15-14-27-22(28)29)13-12-17-8-4-2-5-9-17/h2-11,19,24-25H,12-16,26H2,1H3,(H,27,29)/t19?,23-/m1/s1. The predicted octanol–water partition coefficient (Wildman–Crippen LogP) is 2.94. The molecule has 2 atom stereocenters. The maximum Gasteiger partial charge on any atom is 0.318 e. The van der Waals surface area contributed by atoms with Gasteiger partial charge in [0.25, 0.3) is 0 Å². The Kier molecular flexibility index (Phi) is 6.84. The molecule has 2 amide bonds. The molecule has 1 fully saturated rings. The topological polar surface area (TPSA) is 115 Å². The normalized spacial score (nSPS) is 16.5. The summed E-state index contributed by atoms with van der Waals surface area (Å²) >= 11 is 0. The molecule has 0 bridgehead atoms. The van der Waals surface area contributed by atoms with Crippen LogP contribution in [0.4, 0.5) is 4.79 Å². The zero-order chi connectivity index (χ0) is 21.6. The SMILES string of the molecule is C[C@@](N)(Cc1ccccc1)C(=N)OC(=N)C(CCc1ccccc1)N1CCNC1=O. The lowest BCUT2D eigenvalue weighted by molar-refractivity contribution is 0.203. The van der Waals surface area contributed by atoms with Crippen molar-refractivity contribution in [3.8, 4) is 0 Å². The van der Waals surface area contributed by atoms with Crippen molar-refractivity contribution in [2.75, 3.05) is 13.1 Å². The Morgan fingerprint density at radius 1 is 1.13 bits per heavy atom. The van der Waals surface area contributed by atoms with Gasteiger partial charge < -0.3 is 20.7 Å². The Labute approximate surface area is 177 Å². The summed E-state index contributed by atoms with van der Waals surface area (Å²) in [5.41, 5.74) is 7.39. The molecule has 0 aromatic heterocycles. The van der Waals surface area contributed by atoms with Crippen molar-refractivity contribution < 1.29 is 9.53 Å². The van der Waals surface area contributed by atoms with Gasteiger partial charge in [0.15, 0.2) is 0 Å². The highest BCUT2D eigenvalue weighted by Crippen LogP contribution is 2.18. The molecule has 0 radical (unpaired) electrons. The summed E-state index contributed by atoms with van der Waals surface area (Å²) in [4.78, 5) is 13.8. The summed E-state index contributed by atoms with van der Waals surface area (Å²) in [6.45, 7) is 2.76. The molecule has 1 saturated heterocycles. The predicted molar refractivity (Wildman–Crippen MR) is 118 cm³/mol. The molecule has 1 aliphatic heterocycles. The third-order valence-electron chi connectivity index (χ3n) is 5.26.